The lowest BCUT2D eigenvalue weighted by Gasteiger charge is -2.31. The fraction of sp³-hybridized carbons (Fsp3) is 0.714. The lowest BCUT2D eigenvalue weighted by molar-refractivity contribution is 0.392. The SMILES string of the molecule is CCNCc1cnc(N2CCC(CC)CC2)nc1. The summed E-state index contributed by atoms with van der Waals surface area (Å²) in [5.41, 5.74) is 1.16. The van der Waals surface area contributed by atoms with Crippen LogP contribution in [0.4, 0.5) is 5.95 Å². The first-order valence-electron chi connectivity index (χ1n) is 7.10. The van der Waals surface area contributed by atoms with Gasteiger partial charge >= 0.3 is 0 Å². The molecule has 0 bridgehead atoms. The quantitative estimate of drug-likeness (QED) is 0.867. The molecular weight excluding hydrogens is 224 g/mol. The fourth-order valence-corrected chi connectivity index (χ4v) is 2.41. The fourth-order valence-electron chi connectivity index (χ4n) is 2.41. The van der Waals surface area contributed by atoms with Gasteiger partial charge in [-0.1, -0.05) is 20.3 Å². The summed E-state index contributed by atoms with van der Waals surface area (Å²) in [7, 11) is 0. The van der Waals surface area contributed by atoms with Gasteiger partial charge in [-0.2, -0.15) is 0 Å². The van der Waals surface area contributed by atoms with E-state index in [-0.39, 0.29) is 0 Å². The molecule has 2 rings (SSSR count). The summed E-state index contributed by atoms with van der Waals surface area (Å²) in [4.78, 5) is 11.3. The lowest BCUT2D eigenvalue weighted by atomic mass is 9.95. The van der Waals surface area contributed by atoms with Crippen LogP contribution in [0.15, 0.2) is 12.4 Å². The molecule has 4 nitrogen and oxygen atoms in total. The maximum atomic E-state index is 4.48. The molecule has 100 valence electrons. The van der Waals surface area contributed by atoms with Crippen molar-refractivity contribution in [2.75, 3.05) is 24.5 Å². The summed E-state index contributed by atoms with van der Waals surface area (Å²) in [5.74, 6) is 1.79. The molecule has 1 aromatic rings. The van der Waals surface area contributed by atoms with Crippen molar-refractivity contribution in [1.82, 2.24) is 15.3 Å². The lowest BCUT2D eigenvalue weighted by Crippen LogP contribution is -2.34. The Balaban J connectivity index is 1.89. The van der Waals surface area contributed by atoms with Gasteiger partial charge in [0.15, 0.2) is 0 Å². The largest absolute Gasteiger partial charge is 0.341 e. The van der Waals surface area contributed by atoms with Crippen molar-refractivity contribution in [2.45, 2.75) is 39.7 Å². The summed E-state index contributed by atoms with van der Waals surface area (Å²) in [6.07, 6.45) is 7.74. The van der Waals surface area contributed by atoms with Gasteiger partial charge in [0.05, 0.1) is 0 Å². The number of rotatable bonds is 5. The van der Waals surface area contributed by atoms with Crippen LogP contribution in [0.3, 0.4) is 0 Å². The molecule has 1 aliphatic heterocycles. The van der Waals surface area contributed by atoms with Crippen molar-refractivity contribution in [3.63, 3.8) is 0 Å². The van der Waals surface area contributed by atoms with Crippen molar-refractivity contribution in [3.05, 3.63) is 18.0 Å². The Bertz CT molecular complexity index is 341. The van der Waals surface area contributed by atoms with Gasteiger partial charge in [-0.15, -0.1) is 0 Å². The molecule has 1 N–H and O–H groups in total. The van der Waals surface area contributed by atoms with Crippen LogP contribution in [-0.4, -0.2) is 29.6 Å². The van der Waals surface area contributed by atoms with Crippen molar-refractivity contribution >= 4 is 5.95 Å². The first-order valence-corrected chi connectivity index (χ1v) is 7.10. The molecule has 4 heteroatoms. The second kappa shape index (κ2) is 6.69. The van der Waals surface area contributed by atoms with Crippen LogP contribution in [0.25, 0.3) is 0 Å². The highest BCUT2D eigenvalue weighted by atomic mass is 15.2. The van der Waals surface area contributed by atoms with Crippen LogP contribution in [-0.2, 0) is 6.54 Å². The molecule has 0 spiro atoms. The van der Waals surface area contributed by atoms with E-state index >= 15 is 0 Å². The summed E-state index contributed by atoms with van der Waals surface area (Å²) >= 11 is 0. The molecule has 2 heterocycles. The van der Waals surface area contributed by atoms with E-state index in [1.54, 1.807) is 0 Å². The minimum absolute atomic E-state index is 0.856. The molecule has 0 atom stereocenters. The standard InChI is InChI=1S/C14H24N4/c1-3-12-5-7-18(8-6-12)14-16-10-13(11-17-14)9-15-4-2/h10-12,15H,3-9H2,1-2H3. The zero-order valence-electron chi connectivity index (χ0n) is 11.5. The Hall–Kier alpha value is -1.16. The van der Waals surface area contributed by atoms with Crippen LogP contribution in [0.2, 0.25) is 0 Å². The predicted molar refractivity (Wildman–Crippen MR) is 74.6 cm³/mol. The first kappa shape index (κ1) is 13.3. The van der Waals surface area contributed by atoms with Crippen molar-refractivity contribution in [1.29, 1.82) is 0 Å². The second-order valence-electron chi connectivity index (χ2n) is 5.01. The van der Waals surface area contributed by atoms with E-state index in [0.717, 1.165) is 43.6 Å². The van der Waals surface area contributed by atoms with E-state index in [2.05, 4.69) is 34.0 Å². The number of nitrogens with zero attached hydrogens (tertiary/aromatic N) is 3. The van der Waals surface area contributed by atoms with Gasteiger partial charge in [0.1, 0.15) is 0 Å². The third-order valence-electron chi connectivity index (χ3n) is 3.75. The van der Waals surface area contributed by atoms with E-state index in [1.807, 2.05) is 12.4 Å². The molecule has 1 aromatic heterocycles. The molecule has 0 radical (unpaired) electrons. The van der Waals surface area contributed by atoms with Crippen molar-refractivity contribution in [2.24, 2.45) is 5.92 Å². The van der Waals surface area contributed by atoms with E-state index < -0.39 is 0 Å². The molecular formula is C14H24N4. The Morgan fingerprint density at radius 2 is 1.89 bits per heavy atom. The number of piperidine rings is 1. The molecule has 0 saturated carbocycles. The predicted octanol–water partition coefficient (Wildman–Crippen LogP) is 2.21. The van der Waals surface area contributed by atoms with Crippen molar-refractivity contribution in [3.8, 4) is 0 Å². The van der Waals surface area contributed by atoms with Crippen LogP contribution in [0.1, 0.15) is 38.7 Å². The minimum atomic E-state index is 0.856. The maximum Gasteiger partial charge on any atom is 0.225 e. The Kier molecular flexibility index (Phi) is 4.93. The number of nitrogens with one attached hydrogen (secondary N) is 1. The second-order valence-corrected chi connectivity index (χ2v) is 5.01. The molecule has 1 aliphatic rings. The highest BCUT2D eigenvalue weighted by Gasteiger charge is 2.19. The van der Waals surface area contributed by atoms with E-state index in [1.165, 1.54) is 19.3 Å². The molecule has 1 saturated heterocycles. The molecule has 0 unspecified atom stereocenters. The van der Waals surface area contributed by atoms with Crippen LogP contribution >= 0.6 is 0 Å². The molecule has 0 aromatic carbocycles. The van der Waals surface area contributed by atoms with Crippen LogP contribution in [0.5, 0.6) is 0 Å². The van der Waals surface area contributed by atoms with E-state index in [4.69, 9.17) is 0 Å². The van der Waals surface area contributed by atoms with Gasteiger partial charge in [-0.25, -0.2) is 9.97 Å². The van der Waals surface area contributed by atoms with Gasteiger partial charge in [-0.3, -0.25) is 0 Å². The van der Waals surface area contributed by atoms with Crippen LogP contribution in [0, 0.1) is 5.92 Å². The molecule has 0 aliphatic carbocycles. The van der Waals surface area contributed by atoms with Gasteiger partial charge in [0, 0.05) is 37.6 Å². The number of hydrogen-bond donors (Lipinski definition) is 1. The Morgan fingerprint density at radius 3 is 2.44 bits per heavy atom. The number of anilines is 1. The third-order valence-corrected chi connectivity index (χ3v) is 3.75. The van der Waals surface area contributed by atoms with E-state index in [0.29, 0.717) is 0 Å². The van der Waals surface area contributed by atoms with Gasteiger partial charge < -0.3 is 10.2 Å². The maximum absolute atomic E-state index is 4.48. The highest BCUT2D eigenvalue weighted by molar-refractivity contribution is 5.30. The van der Waals surface area contributed by atoms with E-state index in [9.17, 15) is 0 Å². The summed E-state index contributed by atoms with van der Waals surface area (Å²) in [5, 5.41) is 3.28. The zero-order chi connectivity index (χ0) is 12.8. The van der Waals surface area contributed by atoms with Gasteiger partial charge in [-0.05, 0) is 25.3 Å². The Morgan fingerprint density at radius 1 is 1.22 bits per heavy atom. The summed E-state index contributed by atoms with van der Waals surface area (Å²) < 4.78 is 0. The first-order chi connectivity index (χ1) is 8.83. The summed E-state index contributed by atoms with van der Waals surface area (Å²) in [6, 6.07) is 0. The molecule has 18 heavy (non-hydrogen) atoms. The van der Waals surface area contributed by atoms with Gasteiger partial charge in [0.2, 0.25) is 5.95 Å². The third kappa shape index (κ3) is 3.42. The monoisotopic (exact) mass is 248 g/mol. The van der Waals surface area contributed by atoms with Crippen LogP contribution < -0.4 is 10.2 Å². The minimum Gasteiger partial charge on any atom is -0.341 e. The number of hydrogen-bond acceptors (Lipinski definition) is 4. The van der Waals surface area contributed by atoms with Gasteiger partial charge in [0.25, 0.3) is 0 Å². The average molecular weight is 248 g/mol. The molecule has 1 fully saturated rings. The normalized spacial score (nSPS) is 17.1. The zero-order valence-corrected chi connectivity index (χ0v) is 11.5. The topological polar surface area (TPSA) is 41.1 Å². The molecule has 0 amide bonds. The van der Waals surface area contributed by atoms with Crippen molar-refractivity contribution < 1.29 is 0 Å². The number of aromatic nitrogens is 2. The summed E-state index contributed by atoms with van der Waals surface area (Å²) in [6.45, 7) is 8.43. The average Bonchev–Trinajstić information content (AvgIpc) is 2.46. The highest BCUT2D eigenvalue weighted by Crippen LogP contribution is 2.22. The smallest absolute Gasteiger partial charge is 0.225 e. The Labute approximate surface area is 110 Å².